The van der Waals surface area contributed by atoms with Gasteiger partial charge in [-0.15, -0.1) is 0 Å². The van der Waals surface area contributed by atoms with Gasteiger partial charge in [-0.25, -0.2) is 4.39 Å². The number of carbonyl (C=O) groups is 1. The monoisotopic (exact) mass is 287 g/mol. The smallest absolute Gasteiger partial charge is 0.217 e. The molecule has 1 aliphatic rings. The lowest BCUT2D eigenvalue weighted by Crippen LogP contribution is -2.44. The zero-order chi connectivity index (χ0) is 11.5. The number of anilines is 1. The Balaban J connectivity index is 2.25. The Bertz CT molecular complexity index is 378. The molecule has 2 unspecified atom stereocenters. The van der Waals surface area contributed by atoms with Gasteiger partial charge >= 0.3 is 0 Å². The van der Waals surface area contributed by atoms with Crippen molar-refractivity contribution in [3.8, 4) is 0 Å². The lowest BCUT2D eigenvalue weighted by Gasteiger charge is -2.34. The predicted molar refractivity (Wildman–Crippen MR) is 62.7 cm³/mol. The summed E-state index contributed by atoms with van der Waals surface area (Å²) in [5.41, 5.74) is 1.31. The van der Waals surface area contributed by atoms with Gasteiger partial charge in [-0.05, 0) is 12.1 Å². The van der Waals surface area contributed by atoms with Crippen LogP contribution in [0.3, 0.4) is 0 Å². The summed E-state index contributed by atoms with van der Waals surface area (Å²) in [5, 5.41) is -0.351. The van der Waals surface area contributed by atoms with E-state index < -0.39 is 6.36 Å². The molecule has 16 heavy (non-hydrogen) atoms. The van der Waals surface area contributed by atoms with Crippen molar-refractivity contribution in [1.29, 1.82) is 0 Å². The molecule has 1 aromatic carbocycles. The first-order chi connectivity index (χ1) is 7.70. The van der Waals surface area contributed by atoms with Gasteiger partial charge in [0.25, 0.3) is 0 Å². The van der Waals surface area contributed by atoms with E-state index in [0.717, 1.165) is 12.0 Å². The van der Waals surface area contributed by atoms with E-state index in [9.17, 15) is 9.18 Å². The number of carbonyl (C=O) groups excluding carboxylic acids is 1. The van der Waals surface area contributed by atoms with E-state index in [-0.39, 0.29) is 11.6 Å². The topological polar surface area (TPSA) is 29.5 Å². The largest absolute Gasteiger partial charge is 0.362 e. The number of morpholine rings is 1. The number of rotatable bonds is 2. The summed E-state index contributed by atoms with van der Waals surface area (Å²) in [4.78, 5) is 12.7. The average molecular weight is 288 g/mol. The first-order valence-electron chi connectivity index (χ1n) is 4.93. The van der Waals surface area contributed by atoms with Gasteiger partial charge in [-0.2, -0.15) is 0 Å². The van der Waals surface area contributed by atoms with Crippen molar-refractivity contribution in [2.75, 3.05) is 18.0 Å². The number of hydrogen-bond donors (Lipinski definition) is 0. The zero-order valence-corrected chi connectivity index (χ0v) is 10.1. The molecule has 1 aliphatic heterocycles. The number of alkyl halides is 2. The van der Waals surface area contributed by atoms with Gasteiger partial charge in [-0.1, -0.05) is 28.1 Å². The molecule has 0 bridgehead atoms. The van der Waals surface area contributed by atoms with E-state index in [2.05, 4.69) is 15.9 Å². The number of benzene rings is 1. The Morgan fingerprint density at radius 1 is 1.44 bits per heavy atom. The summed E-state index contributed by atoms with van der Waals surface area (Å²) in [5.74, 6) is 0. The van der Waals surface area contributed by atoms with Crippen LogP contribution >= 0.6 is 15.9 Å². The van der Waals surface area contributed by atoms with Crippen LogP contribution in [-0.2, 0) is 4.74 Å². The molecule has 0 aliphatic carbocycles. The number of ether oxygens (including phenoxy) is 1. The van der Waals surface area contributed by atoms with Gasteiger partial charge in [0.05, 0.1) is 13.1 Å². The van der Waals surface area contributed by atoms with Crippen molar-refractivity contribution < 1.29 is 13.9 Å². The highest BCUT2D eigenvalue weighted by molar-refractivity contribution is 9.09. The Labute approximate surface area is 101 Å². The van der Waals surface area contributed by atoms with E-state index >= 15 is 0 Å². The van der Waals surface area contributed by atoms with E-state index in [4.69, 9.17) is 4.74 Å². The molecule has 2 rings (SSSR count). The lowest BCUT2D eigenvalue weighted by molar-refractivity contribution is -0.0586. The van der Waals surface area contributed by atoms with Gasteiger partial charge in [0.1, 0.15) is 5.01 Å². The third kappa shape index (κ3) is 2.41. The Hall–Kier alpha value is -0.940. The predicted octanol–water partition coefficient (Wildman–Crippen LogP) is 2.35. The minimum Gasteiger partial charge on any atom is -0.362 e. The van der Waals surface area contributed by atoms with Crippen LogP contribution in [-0.4, -0.2) is 30.7 Å². The number of halogens is 2. The molecule has 2 atom stereocenters. The van der Waals surface area contributed by atoms with Crippen molar-refractivity contribution in [2.45, 2.75) is 11.4 Å². The highest BCUT2D eigenvalue weighted by atomic mass is 79.9. The van der Waals surface area contributed by atoms with Crippen molar-refractivity contribution in [3.05, 3.63) is 29.8 Å². The molecule has 0 amide bonds. The Kier molecular flexibility index (Phi) is 3.56. The molecule has 0 saturated carbocycles. The fourth-order valence-corrected chi connectivity index (χ4v) is 2.32. The minimum atomic E-state index is -1.34. The molecule has 0 N–H and O–H groups in total. The molecule has 0 spiro atoms. The van der Waals surface area contributed by atoms with Crippen LogP contribution in [0.4, 0.5) is 10.1 Å². The number of hydrogen-bond acceptors (Lipinski definition) is 3. The highest BCUT2D eigenvalue weighted by Crippen LogP contribution is 2.25. The van der Waals surface area contributed by atoms with Crippen molar-refractivity contribution in [1.82, 2.24) is 0 Å². The van der Waals surface area contributed by atoms with Crippen LogP contribution in [0.5, 0.6) is 0 Å². The molecule has 3 nitrogen and oxygen atoms in total. The van der Waals surface area contributed by atoms with Gasteiger partial charge < -0.3 is 9.64 Å². The molecular weight excluding hydrogens is 277 g/mol. The molecule has 1 aromatic rings. The first kappa shape index (κ1) is 11.5. The SMILES string of the molecule is O=Cc1ccccc1N1CC(F)OC(Br)C1. The number of para-hydroxylation sites is 1. The van der Waals surface area contributed by atoms with Gasteiger partial charge in [0.15, 0.2) is 6.29 Å². The molecule has 0 radical (unpaired) electrons. The maximum absolute atomic E-state index is 13.2. The minimum absolute atomic E-state index is 0.146. The van der Waals surface area contributed by atoms with E-state index in [1.54, 1.807) is 17.0 Å². The molecule has 1 saturated heterocycles. The van der Waals surface area contributed by atoms with Crippen LogP contribution in [0.2, 0.25) is 0 Å². The summed E-state index contributed by atoms with van der Waals surface area (Å²) in [6.07, 6.45) is -0.556. The fourth-order valence-electron chi connectivity index (χ4n) is 1.74. The summed E-state index contributed by atoms with van der Waals surface area (Å²) in [6, 6.07) is 7.14. The fraction of sp³-hybridized carbons (Fsp3) is 0.364. The van der Waals surface area contributed by atoms with Gasteiger partial charge in [0.2, 0.25) is 6.36 Å². The van der Waals surface area contributed by atoms with Crippen LogP contribution < -0.4 is 4.90 Å². The quantitative estimate of drug-likeness (QED) is 0.618. The number of nitrogens with zero attached hydrogens (tertiary/aromatic N) is 1. The maximum Gasteiger partial charge on any atom is 0.217 e. The second-order valence-corrected chi connectivity index (χ2v) is 4.56. The molecule has 86 valence electrons. The van der Waals surface area contributed by atoms with E-state index in [1.165, 1.54) is 0 Å². The number of aldehydes is 1. The Morgan fingerprint density at radius 3 is 2.88 bits per heavy atom. The summed E-state index contributed by atoms with van der Waals surface area (Å²) in [7, 11) is 0. The third-order valence-electron chi connectivity index (χ3n) is 2.43. The third-order valence-corrected chi connectivity index (χ3v) is 2.93. The normalized spacial score (nSPS) is 25.5. The van der Waals surface area contributed by atoms with Crippen molar-refractivity contribution >= 4 is 27.9 Å². The van der Waals surface area contributed by atoms with Gasteiger partial charge in [0, 0.05) is 11.3 Å². The zero-order valence-electron chi connectivity index (χ0n) is 8.48. The van der Waals surface area contributed by atoms with Crippen LogP contribution in [0.25, 0.3) is 0 Å². The highest BCUT2D eigenvalue weighted by Gasteiger charge is 2.26. The van der Waals surface area contributed by atoms with Crippen LogP contribution in [0, 0.1) is 0 Å². The van der Waals surface area contributed by atoms with E-state index in [0.29, 0.717) is 12.1 Å². The van der Waals surface area contributed by atoms with Gasteiger partial charge in [-0.3, -0.25) is 4.79 Å². The molecule has 5 heteroatoms. The standard InChI is InChI=1S/C11H11BrFNO2/c12-10-5-14(6-11(13)16-10)9-4-2-1-3-8(9)7-15/h1-4,7,10-11H,5-6H2. The van der Waals surface area contributed by atoms with E-state index in [1.807, 2.05) is 12.1 Å². The van der Waals surface area contributed by atoms with Crippen molar-refractivity contribution in [2.24, 2.45) is 0 Å². The maximum atomic E-state index is 13.2. The second-order valence-electron chi connectivity index (χ2n) is 3.54. The van der Waals surface area contributed by atoms with Crippen LogP contribution in [0.1, 0.15) is 10.4 Å². The average Bonchev–Trinajstić information content (AvgIpc) is 2.27. The van der Waals surface area contributed by atoms with Crippen molar-refractivity contribution in [3.63, 3.8) is 0 Å². The Morgan fingerprint density at radius 2 is 2.19 bits per heavy atom. The first-order valence-corrected chi connectivity index (χ1v) is 5.85. The molecule has 1 heterocycles. The lowest BCUT2D eigenvalue weighted by atomic mass is 10.1. The molecule has 1 fully saturated rings. The molecule has 0 aromatic heterocycles. The summed E-state index contributed by atoms with van der Waals surface area (Å²) in [6.45, 7) is 0.665. The second kappa shape index (κ2) is 4.93. The van der Waals surface area contributed by atoms with Crippen LogP contribution in [0.15, 0.2) is 24.3 Å². The molecular formula is C11H11BrFNO2. The summed E-state index contributed by atoms with van der Waals surface area (Å²) >= 11 is 3.22. The summed E-state index contributed by atoms with van der Waals surface area (Å²) < 4.78 is 18.2.